The van der Waals surface area contributed by atoms with Crippen LogP contribution in [0, 0.1) is 0 Å². The molecule has 3 aliphatic rings. The Morgan fingerprint density at radius 2 is 1.72 bits per heavy atom. The Bertz CT molecular complexity index is 1760. The number of rotatable bonds is 9. The first-order valence-corrected chi connectivity index (χ1v) is 17.9. The van der Waals surface area contributed by atoms with Gasteiger partial charge in [0.05, 0.1) is 23.1 Å². The van der Waals surface area contributed by atoms with Gasteiger partial charge in [-0.3, -0.25) is 9.11 Å². The molecule has 0 saturated carbocycles. The Labute approximate surface area is 255 Å². The van der Waals surface area contributed by atoms with Gasteiger partial charge in [-0.15, -0.1) is 0 Å². The van der Waals surface area contributed by atoms with Crippen LogP contribution in [-0.4, -0.2) is 60.4 Å². The number of nitrogens with zero attached hydrogens (tertiary/aromatic N) is 2. The first kappa shape index (κ1) is 31.7. The van der Waals surface area contributed by atoms with Gasteiger partial charge in [-0.2, -0.15) is 21.4 Å². The fraction of sp³-hybridized carbons (Fsp3) is 0.469. The van der Waals surface area contributed by atoms with Crippen molar-refractivity contribution in [1.29, 1.82) is 0 Å². The van der Waals surface area contributed by atoms with E-state index in [2.05, 4.69) is 50.5 Å². The Balaban J connectivity index is 1.61. The van der Waals surface area contributed by atoms with Gasteiger partial charge in [-0.05, 0) is 57.9 Å². The minimum absolute atomic E-state index is 0.102. The zero-order chi connectivity index (χ0) is 31.4. The molecule has 1 fully saturated rings. The van der Waals surface area contributed by atoms with E-state index in [9.17, 15) is 25.9 Å². The van der Waals surface area contributed by atoms with Crippen LogP contribution in [0.15, 0.2) is 66.4 Å². The molecule has 2 atom stereocenters. The van der Waals surface area contributed by atoms with E-state index in [1.807, 2.05) is 42.5 Å². The molecule has 0 radical (unpaired) electrons. The number of hydrogen-bond acceptors (Lipinski definition) is 5. The van der Waals surface area contributed by atoms with Gasteiger partial charge in [0, 0.05) is 49.1 Å². The summed E-state index contributed by atoms with van der Waals surface area (Å²) in [6.07, 6.45) is 8.02. The summed E-state index contributed by atoms with van der Waals surface area (Å²) >= 11 is 0. The Morgan fingerprint density at radius 3 is 2.40 bits per heavy atom. The van der Waals surface area contributed by atoms with Crippen molar-refractivity contribution in [2.24, 2.45) is 5.73 Å². The fourth-order valence-electron chi connectivity index (χ4n) is 7.64. The Hall–Kier alpha value is -2.67. The molecule has 0 aromatic heterocycles. The maximum atomic E-state index is 12.8. The monoisotopic (exact) mass is 629 g/mol. The van der Waals surface area contributed by atoms with Crippen molar-refractivity contribution in [2.75, 3.05) is 18.8 Å². The molecular weight excluding hydrogens is 587 g/mol. The molecule has 1 saturated heterocycles. The number of fused-ring (bicyclic) bond motifs is 3. The molecule has 11 heteroatoms. The van der Waals surface area contributed by atoms with Crippen molar-refractivity contribution in [3.8, 4) is 0 Å². The van der Waals surface area contributed by atoms with Gasteiger partial charge in [0.25, 0.3) is 10.1 Å². The van der Waals surface area contributed by atoms with Crippen LogP contribution in [0.25, 0.3) is 0 Å². The maximum Gasteiger partial charge on any atom is 0.320 e. The molecule has 2 aromatic rings. The van der Waals surface area contributed by atoms with Crippen LogP contribution in [0.5, 0.6) is 0 Å². The second kappa shape index (κ2) is 11.0. The predicted octanol–water partition coefficient (Wildman–Crippen LogP) is 4.94. The van der Waals surface area contributed by atoms with Crippen molar-refractivity contribution in [2.45, 2.75) is 76.1 Å². The summed E-state index contributed by atoms with van der Waals surface area (Å²) in [5.74, 6) is -0.287. The van der Waals surface area contributed by atoms with Gasteiger partial charge in [0.1, 0.15) is 17.9 Å². The van der Waals surface area contributed by atoms with E-state index in [1.165, 1.54) is 0 Å². The topological polar surface area (TPSA) is 138 Å². The van der Waals surface area contributed by atoms with Crippen LogP contribution >= 0.6 is 0 Å². The largest absolute Gasteiger partial charge is 0.326 e. The highest BCUT2D eigenvalue weighted by Gasteiger charge is 2.62. The minimum atomic E-state index is -4.33. The van der Waals surface area contributed by atoms with Crippen molar-refractivity contribution in [3.63, 3.8) is 0 Å². The standard InChI is InChI=1S/C32H41N3O6S2/c1-31(2)25-21-23(22-33)16-17-26(25)34(18-7-8-20-42(36,37)38)28(31)13-9-14-29-32(3,4)24-11-5-6-12-27(24)35(29)19-10-15-30(35)43(39,40)41/h5-6,9,11-14,16-17,21,30H,7-8,10,15,18-20,22,33H2,1-4H3/p+2/b13-9+,29-14+. The second-order valence-corrected chi connectivity index (χ2v) is 16.1. The molecule has 1 spiro atoms. The molecule has 3 heterocycles. The normalized spacial score (nSPS) is 25.3. The lowest BCUT2D eigenvalue weighted by molar-refractivity contribution is -0.438. The molecular formula is C32H43N3O6S2+2. The maximum absolute atomic E-state index is 12.8. The molecule has 9 nitrogen and oxygen atoms in total. The number of para-hydroxylation sites is 1. The number of allylic oxidation sites excluding steroid dienone is 4. The molecule has 2 aromatic carbocycles. The molecule has 0 amide bonds. The van der Waals surface area contributed by atoms with E-state index in [-0.39, 0.29) is 15.7 Å². The van der Waals surface area contributed by atoms with E-state index in [1.54, 1.807) is 0 Å². The summed E-state index contributed by atoms with van der Waals surface area (Å²) in [6.45, 7) is 10.1. The average Bonchev–Trinajstić information content (AvgIpc) is 3.52. The molecule has 3 aliphatic heterocycles. The summed E-state index contributed by atoms with van der Waals surface area (Å²) in [6, 6.07) is 14.1. The lowest BCUT2D eigenvalue weighted by atomic mass is 9.80. The number of benzene rings is 2. The molecule has 2 unspecified atom stereocenters. The van der Waals surface area contributed by atoms with Crippen molar-refractivity contribution in [3.05, 3.63) is 83.1 Å². The van der Waals surface area contributed by atoms with Crippen LogP contribution in [0.3, 0.4) is 0 Å². The Kier molecular flexibility index (Phi) is 8.15. The van der Waals surface area contributed by atoms with Crippen LogP contribution < -0.4 is 10.2 Å². The molecule has 0 aliphatic carbocycles. The minimum Gasteiger partial charge on any atom is -0.326 e. The average molecular weight is 630 g/mol. The van der Waals surface area contributed by atoms with E-state index < -0.39 is 31.0 Å². The number of hydrogen-bond donors (Lipinski definition) is 3. The quantitative estimate of drug-likeness (QED) is 0.155. The van der Waals surface area contributed by atoms with Gasteiger partial charge in [-0.25, -0.2) is 4.48 Å². The fourth-order valence-corrected chi connectivity index (χ4v) is 9.46. The lowest BCUT2D eigenvalue weighted by Crippen LogP contribution is -2.55. The third-order valence-corrected chi connectivity index (χ3v) is 11.7. The Morgan fingerprint density at radius 1 is 1.00 bits per heavy atom. The van der Waals surface area contributed by atoms with E-state index in [0.717, 1.165) is 39.5 Å². The highest BCUT2D eigenvalue weighted by Crippen LogP contribution is 2.57. The van der Waals surface area contributed by atoms with E-state index in [4.69, 9.17) is 5.73 Å². The van der Waals surface area contributed by atoms with Crippen LogP contribution in [0.1, 0.15) is 70.1 Å². The first-order valence-electron chi connectivity index (χ1n) is 14.8. The zero-order valence-corrected chi connectivity index (χ0v) is 27.0. The summed E-state index contributed by atoms with van der Waals surface area (Å²) in [4.78, 5) is 0. The zero-order valence-electron chi connectivity index (χ0n) is 25.3. The van der Waals surface area contributed by atoms with Crippen LogP contribution in [-0.2, 0) is 37.6 Å². The predicted molar refractivity (Wildman–Crippen MR) is 171 cm³/mol. The first-order chi connectivity index (χ1) is 20.0. The van der Waals surface area contributed by atoms with Gasteiger partial charge in [0.15, 0.2) is 5.71 Å². The number of unbranched alkanes of at least 4 members (excludes halogenated alkanes) is 1. The van der Waals surface area contributed by atoms with Crippen molar-refractivity contribution in [1.82, 2.24) is 4.48 Å². The van der Waals surface area contributed by atoms with Gasteiger partial charge in [-0.1, -0.05) is 30.3 Å². The van der Waals surface area contributed by atoms with Gasteiger partial charge >= 0.3 is 10.1 Å². The van der Waals surface area contributed by atoms with E-state index >= 15 is 0 Å². The van der Waals surface area contributed by atoms with Crippen molar-refractivity contribution >= 4 is 37.3 Å². The van der Waals surface area contributed by atoms with Crippen LogP contribution in [0.4, 0.5) is 11.4 Å². The number of quaternary nitrogens is 1. The molecule has 0 bridgehead atoms. The summed E-state index contributed by atoms with van der Waals surface area (Å²) < 4.78 is 70.0. The van der Waals surface area contributed by atoms with Gasteiger partial charge < -0.3 is 5.73 Å². The molecule has 232 valence electrons. The third-order valence-electron chi connectivity index (χ3n) is 9.61. The lowest BCUT2D eigenvalue weighted by Gasteiger charge is -2.37. The molecule has 5 rings (SSSR count). The van der Waals surface area contributed by atoms with E-state index in [0.29, 0.717) is 45.3 Å². The van der Waals surface area contributed by atoms with Crippen LogP contribution in [0.2, 0.25) is 0 Å². The summed E-state index contributed by atoms with van der Waals surface area (Å²) in [5.41, 5.74) is 12.2. The molecule has 4 N–H and O–H groups in total. The second-order valence-electron chi connectivity index (χ2n) is 13.0. The smallest absolute Gasteiger partial charge is 0.320 e. The third kappa shape index (κ3) is 5.44. The summed E-state index contributed by atoms with van der Waals surface area (Å²) in [5, 5.41) is -0.969. The van der Waals surface area contributed by atoms with Crippen molar-refractivity contribution < 1.29 is 30.5 Å². The SMILES string of the molecule is CC1(C)C(/C=C/C=C2\C(C)(C)c3ccccc3[N+]23CCCC3S(=O)(=O)O)=[N+](CCCCS(=O)(=O)O)c2ccc(CN)cc21. The highest BCUT2D eigenvalue weighted by molar-refractivity contribution is 7.86. The van der Waals surface area contributed by atoms with Gasteiger partial charge in [0.2, 0.25) is 11.1 Å². The highest BCUT2D eigenvalue weighted by atomic mass is 32.2. The number of nitrogens with two attached hydrogens (primary N) is 1. The molecule has 43 heavy (non-hydrogen) atoms. The summed E-state index contributed by atoms with van der Waals surface area (Å²) in [7, 11) is -8.36.